The van der Waals surface area contributed by atoms with Gasteiger partial charge in [-0.2, -0.15) is 0 Å². The number of ether oxygens (including phenoxy) is 2. The zero-order valence-electron chi connectivity index (χ0n) is 20.9. The van der Waals surface area contributed by atoms with Gasteiger partial charge in [-0.05, 0) is 56.5 Å². The highest BCUT2D eigenvalue weighted by atomic mass is 32.2. The summed E-state index contributed by atoms with van der Waals surface area (Å²) < 4.78 is 38.7. The minimum Gasteiger partial charge on any atom is -0.493 e. The molecular weight excluding hydrogens is 466 g/mol. The van der Waals surface area contributed by atoms with E-state index in [9.17, 15) is 13.2 Å². The normalized spacial score (nSPS) is 16.5. The number of sulfonamides is 1. The first-order valence-corrected chi connectivity index (χ1v) is 13.6. The molecule has 1 aliphatic heterocycles. The van der Waals surface area contributed by atoms with E-state index in [0.717, 1.165) is 30.2 Å². The Labute approximate surface area is 209 Å². The summed E-state index contributed by atoms with van der Waals surface area (Å²) in [6.45, 7) is 4.42. The molecule has 3 rings (SSSR count). The van der Waals surface area contributed by atoms with Crippen molar-refractivity contribution >= 4 is 21.6 Å². The fraction of sp³-hybridized carbons (Fsp3) is 0.500. The van der Waals surface area contributed by atoms with Crippen LogP contribution >= 0.6 is 0 Å². The number of nitrogens with zero attached hydrogens (tertiary/aromatic N) is 2. The molecule has 35 heavy (non-hydrogen) atoms. The summed E-state index contributed by atoms with van der Waals surface area (Å²) in [5.74, 6) is 0.497. The van der Waals surface area contributed by atoms with Crippen molar-refractivity contribution in [2.45, 2.75) is 50.0 Å². The monoisotopic (exact) mass is 503 g/mol. The number of hydrogen-bond donors (Lipinski definition) is 1. The second kappa shape index (κ2) is 12.8. The standard InChI is InChI=1S/C26H37N3O5S/c1-4-21-11-8-9-17-28(21)18-10-16-27-26(30)20-29(35(31,32)23-12-6-5-7-13-23)22-14-15-24(33-2)25(19-22)34-3/h5-7,12-15,19,21H,4,8-11,16-18,20H2,1-3H3,(H,27,30). The molecule has 1 N–H and O–H groups in total. The van der Waals surface area contributed by atoms with E-state index in [1.165, 1.54) is 45.6 Å². The van der Waals surface area contributed by atoms with Gasteiger partial charge in [0, 0.05) is 25.2 Å². The fourth-order valence-corrected chi connectivity index (χ4v) is 5.96. The number of methoxy groups -OCH3 is 2. The molecule has 1 fully saturated rings. The molecule has 0 bridgehead atoms. The molecule has 1 aliphatic rings. The van der Waals surface area contributed by atoms with Crippen LogP contribution < -0.4 is 19.1 Å². The average molecular weight is 504 g/mol. The summed E-state index contributed by atoms with van der Waals surface area (Å²) in [4.78, 5) is 15.5. The Morgan fingerprint density at radius 1 is 1.09 bits per heavy atom. The Hall–Kier alpha value is -2.78. The van der Waals surface area contributed by atoms with Crippen molar-refractivity contribution < 1.29 is 22.7 Å². The smallest absolute Gasteiger partial charge is 0.264 e. The van der Waals surface area contributed by atoms with Crippen LogP contribution in [0.4, 0.5) is 5.69 Å². The summed E-state index contributed by atoms with van der Waals surface area (Å²) >= 11 is 0. The van der Waals surface area contributed by atoms with E-state index < -0.39 is 10.0 Å². The topological polar surface area (TPSA) is 88.2 Å². The van der Waals surface area contributed by atoms with Gasteiger partial charge in [-0.1, -0.05) is 31.5 Å². The van der Waals surface area contributed by atoms with Crippen molar-refractivity contribution in [3.8, 4) is 11.5 Å². The molecule has 1 unspecified atom stereocenters. The number of carbonyl (C=O) groups excluding carboxylic acids is 1. The Balaban J connectivity index is 1.72. The van der Waals surface area contributed by atoms with Crippen LogP contribution in [0.2, 0.25) is 0 Å². The molecule has 2 aromatic rings. The molecular formula is C26H37N3O5S. The third-order valence-electron chi connectivity index (χ3n) is 6.44. The summed E-state index contributed by atoms with van der Waals surface area (Å²) in [5, 5.41) is 2.90. The summed E-state index contributed by atoms with van der Waals surface area (Å²) in [6.07, 6.45) is 5.71. The maximum atomic E-state index is 13.5. The van der Waals surface area contributed by atoms with Gasteiger partial charge in [-0.3, -0.25) is 9.10 Å². The van der Waals surface area contributed by atoms with Gasteiger partial charge in [0.05, 0.1) is 24.8 Å². The molecule has 2 aromatic carbocycles. The fourth-order valence-electron chi connectivity index (χ4n) is 4.53. The van der Waals surface area contributed by atoms with Crippen molar-refractivity contribution in [3.63, 3.8) is 0 Å². The van der Waals surface area contributed by atoms with Crippen molar-refractivity contribution in [2.24, 2.45) is 0 Å². The number of likely N-dealkylation sites (tertiary alicyclic amines) is 1. The lowest BCUT2D eigenvalue weighted by Gasteiger charge is -2.35. The molecule has 0 spiro atoms. The SMILES string of the molecule is CCC1CCCCN1CCCNC(=O)CN(c1ccc(OC)c(OC)c1)S(=O)(=O)c1ccccc1. The van der Waals surface area contributed by atoms with Crippen molar-refractivity contribution in [3.05, 3.63) is 48.5 Å². The quantitative estimate of drug-likeness (QED) is 0.445. The van der Waals surface area contributed by atoms with Gasteiger partial charge in [-0.15, -0.1) is 0 Å². The molecule has 8 nitrogen and oxygen atoms in total. The molecule has 1 heterocycles. The van der Waals surface area contributed by atoms with Gasteiger partial charge in [0.2, 0.25) is 5.91 Å². The number of nitrogens with one attached hydrogen (secondary N) is 1. The van der Waals surface area contributed by atoms with E-state index in [1.807, 2.05) is 0 Å². The lowest BCUT2D eigenvalue weighted by molar-refractivity contribution is -0.119. The van der Waals surface area contributed by atoms with E-state index in [4.69, 9.17) is 9.47 Å². The maximum absolute atomic E-state index is 13.5. The molecule has 0 radical (unpaired) electrons. The predicted octanol–water partition coefficient (Wildman–Crippen LogP) is 3.67. The van der Waals surface area contributed by atoms with E-state index in [0.29, 0.717) is 29.8 Å². The van der Waals surface area contributed by atoms with Crippen molar-refractivity contribution in [2.75, 3.05) is 44.7 Å². The summed E-state index contributed by atoms with van der Waals surface area (Å²) in [5.41, 5.74) is 0.320. The number of amides is 1. The van der Waals surface area contributed by atoms with Crippen LogP contribution in [0.25, 0.3) is 0 Å². The van der Waals surface area contributed by atoms with Crippen LogP contribution in [0, 0.1) is 0 Å². The van der Waals surface area contributed by atoms with Crippen LogP contribution in [-0.4, -0.2) is 65.7 Å². The number of piperidine rings is 1. The lowest BCUT2D eigenvalue weighted by atomic mass is 10.00. The predicted molar refractivity (Wildman–Crippen MR) is 138 cm³/mol. The van der Waals surface area contributed by atoms with Gasteiger partial charge >= 0.3 is 0 Å². The first-order valence-electron chi connectivity index (χ1n) is 12.2. The molecule has 1 saturated heterocycles. The molecule has 0 aromatic heterocycles. The van der Waals surface area contributed by atoms with Crippen LogP contribution in [0.15, 0.2) is 53.4 Å². The van der Waals surface area contributed by atoms with Crippen LogP contribution in [0.1, 0.15) is 39.0 Å². The highest BCUT2D eigenvalue weighted by Gasteiger charge is 2.28. The zero-order chi connectivity index (χ0) is 25.3. The van der Waals surface area contributed by atoms with Crippen LogP contribution in [-0.2, 0) is 14.8 Å². The second-order valence-electron chi connectivity index (χ2n) is 8.66. The average Bonchev–Trinajstić information content (AvgIpc) is 2.90. The highest BCUT2D eigenvalue weighted by molar-refractivity contribution is 7.92. The minimum atomic E-state index is -3.98. The number of benzene rings is 2. The molecule has 9 heteroatoms. The van der Waals surface area contributed by atoms with Crippen molar-refractivity contribution in [1.29, 1.82) is 0 Å². The molecule has 0 aliphatic carbocycles. The lowest BCUT2D eigenvalue weighted by Crippen LogP contribution is -2.43. The number of rotatable bonds is 12. The summed E-state index contributed by atoms with van der Waals surface area (Å²) in [6, 6.07) is 13.5. The van der Waals surface area contributed by atoms with E-state index >= 15 is 0 Å². The van der Waals surface area contributed by atoms with Crippen molar-refractivity contribution in [1.82, 2.24) is 10.2 Å². The Bertz CT molecular complexity index is 1060. The summed E-state index contributed by atoms with van der Waals surface area (Å²) in [7, 11) is -0.992. The molecule has 192 valence electrons. The Kier molecular flexibility index (Phi) is 9.80. The Morgan fingerprint density at radius 3 is 2.51 bits per heavy atom. The number of hydrogen-bond acceptors (Lipinski definition) is 6. The third kappa shape index (κ3) is 6.89. The number of carbonyl (C=O) groups is 1. The number of anilines is 1. The van der Waals surface area contributed by atoms with Gasteiger partial charge in [-0.25, -0.2) is 8.42 Å². The van der Waals surface area contributed by atoms with E-state index in [2.05, 4.69) is 17.1 Å². The molecule has 1 amide bonds. The first-order chi connectivity index (χ1) is 16.9. The maximum Gasteiger partial charge on any atom is 0.264 e. The Morgan fingerprint density at radius 2 is 1.83 bits per heavy atom. The zero-order valence-corrected chi connectivity index (χ0v) is 21.7. The van der Waals surface area contributed by atoms with Gasteiger partial charge in [0.15, 0.2) is 11.5 Å². The van der Waals surface area contributed by atoms with Gasteiger partial charge in [0.25, 0.3) is 10.0 Å². The highest BCUT2D eigenvalue weighted by Crippen LogP contribution is 2.33. The largest absolute Gasteiger partial charge is 0.493 e. The minimum absolute atomic E-state index is 0.110. The van der Waals surface area contributed by atoms with E-state index in [-0.39, 0.29) is 17.3 Å². The molecule has 0 saturated carbocycles. The molecule has 1 atom stereocenters. The van der Waals surface area contributed by atoms with E-state index in [1.54, 1.807) is 36.4 Å². The van der Waals surface area contributed by atoms with Gasteiger partial charge < -0.3 is 19.7 Å². The van der Waals surface area contributed by atoms with Crippen LogP contribution in [0.3, 0.4) is 0 Å². The second-order valence-corrected chi connectivity index (χ2v) is 10.5. The van der Waals surface area contributed by atoms with Crippen LogP contribution in [0.5, 0.6) is 11.5 Å². The van der Waals surface area contributed by atoms with Gasteiger partial charge in [0.1, 0.15) is 6.54 Å². The first kappa shape index (κ1) is 26.8. The third-order valence-corrected chi connectivity index (χ3v) is 8.23.